The predicted octanol–water partition coefficient (Wildman–Crippen LogP) is 1.01. The van der Waals surface area contributed by atoms with E-state index in [1.54, 1.807) is 6.92 Å². The molecule has 0 saturated heterocycles. The minimum atomic E-state index is -3.40. The second-order valence-corrected chi connectivity index (χ2v) is 7.77. The molecule has 1 aliphatic carbocycles. The first-order valence-corrected chi connectivity index (χ1v) is 8.87. The molecule has 1 aliphatic rings. The first-order chi connectivity index (χ1) is 9.79. The summed E-state index contributed by atoms with van der Waals surface area (Å²) in [6, 6.07) is 7.52. The highest BCUT2D eigenvalue weighted by molar-refractivity contribution is 7.91. The average molecular weight is 311 g/mol. The van der Waals surface area contributed by atoms with Crippen molar-refractivity contribution in [1.82, 2.24) is 0 Å². The highest BCUT2D eigenvalue weighted by Gasteiger charge is 2.74. The molecular weight excluding hydrogens is 290 g/mol. The van der Waals surface area contributed by atoms with Crippen molar-refractivity contribution in [2.75, 3.05) is 19.4 Å². The molecule has 1 fully saturated rings. The molecule has 2 N–H and O–H groups in total. The van der Waals surface area contributed by atoms with Gasteiger partial charge in [0.1, 0.15) is 5.41 Å². The van der Waals surface area contributed by atoms with E-state index in [2.05, 4.69) is 0 Å². The van der Waals surface area contributed by atoms with Gasteiger partial charge in [-0.2, -0.15) is 0 Å². The fourth-order valence-corrected chi connectivity index (χ4v) is 5.03. The van der Waals surface area contributed by atoms with Crippen LogP contribution in [0.2, 0.25) is 0 Å². The van der Waals surface area contributed by atoms with E-state index in [-0.39, 0.29) is 13.2 Å². The van der Waals surface area contributed by atoms with Crippen molar-refractivity contribution < 1.29 is 17.9 Å². The molecule has 0 aliphatic heterocycles. The zero-order chi connectivity index (χ0) is 15.8. The molecule has 1 aromatic rings. The smallest absolute Gasteiger partial charge is 0.315 e. The van der Waals surface area contributed by atoms with E-state index in [4.69, 9.17) is 10.5 Å². The number of nitrogens with two attached hydrogens (primary N) is 1. The Kier molecular flexibility index (Phi) is 4.13. The SMILES string of the molecule is CCOC(=O)[C@]1(CN)[C@H](c2ccc(C)cc2)[C@H]1S(C)(=O)=O. The van der Waals surface area contributed by atoms with Crippen molar-refractivity contribution in [2.24, 2.45) is 11.1 Å². The zero-order valence-corrected chi connectivity index (χ0v) is 13.3. The van der Waals surface area contributed by atoms with Gasteiger partial charge in [0.25, 0.3) is 0 Å². The highest BCUT2D eigenvalue weighted by atomic mass is 32.2. The van der Waals surface area contributed by atoms with Crippen LogP contribution in [0.15, 0.2) is 24.3 Å². The fourth-order valence-electron chi connectivity index (χ4n) is 3.11. The Balaban J connectivity index is 2.47. The summed E-state index contributed by atoms with van der Waals surface area (Å²) >= 11 is 0. The fraction of sp³-hybridized carbons (Fsp3) is 0.533. The van der Waals surface area contributed by atoms with Crippen molar-refractivity contribution in [3.8, 4) is 0 Å². The third-order valence-electron chi connectivity index (χ3n) is 4.15. The lowest BCUT2D eigenvalue weighted by atomic mass is 9.98. The van der Waals surface area contributed by atoms with E-state index >= 15 is 0 Å². The number of benzene rings is 1. The number of rotatable bonds is 5. The third kappa shape index (κ3) is 2.58. The molecule has 0 bridgehead atoms. The van der Waals surface area contributed by atoms with Crippen LogP contribution in [0.3, 0.4) is 0 Å². The predicted molar refractivity (Wildman–Crippen MR) is 80.7 cm³/mol. The monoisotopic (exact) mass is 311 g/mol. The molecule has 6 heteroatoms. The number of esters is 1. The number of carbonyl (C=O) groups is 1. The number of ether oxygens (including phenoxy) is 1. The molecule has 1 saturated carbocycles. The van der Waals surface area contributed by atoms with Gasteiger partial charge in [-0.1, -0.05) is 29.8 Å². The van der Waals surface area contributed by atoms with E-state index in [1.807, 2.05) is 31.2 Å². The normalized spacial score (nSPS) is 28.2. The van der Waals surface area contributed by atoms with E-state index in [9.17, 15) is 13.2 Å². The Morgan fingerprint density at radius 3 is 2.33 bits per heavy atom. The molecule has 0 unspecified atom stereocenters. The Morgan fingerprint density at radius 2 is 1.90 bits per heavy atom. The van der Waals surface area contributed by atoms with E-state index in [1.165, 1.54) is 0 Å². The molecule has 0 radical (unpaired) electrons. The van der Waals surface area contributed by atoms with Gasteiger partial charge in [0.2, 0.25) is 0 Å². The summed E-state index contributed by atoms with van der Waals surface area (Å²) in [5, 5.41) is -0.809. The molecule has 1 aromatic carbocycles. The maximum absolute atomic E-state index is 12.3. The Labute approximate surface area is 125 Å². The minimum Gasteiger partial charge on any atom is -0.465 e. The van der Waals surface area contributed by atoms with Gasteiger partial charge in [-0.25, -0.2) is 8.42 Å². The van der Waals surface area contributed by atoms with Gasteiger partial charge in [0.15, 0.2) is 9.84 Å². The van der Waals surface area contributed by atoms with Crippen LogP contribution in [-0.2, 0) is 19.4 Å². The topological polar surface area (TPSA) is 86.5 Å². The molecule has 5 nitrogen and oxygen atoms in total. The number of carbonyl (C=O) groups excluding carboxylic acids is 1. The maximum Gasteiger partial charge on any atom is 0.315 e. The summed E-state index contributed by atoms with van der Waals surface area (Å²) < 4.78 is 29.2. The lowest BCUT2D eigenvalue weighted by Gasteiger charge is -2.14. The zero-order valence-electron chi connectivity index (χ0n) is 12.5. The van der Waals surface area contributed by atoms with E-state index in [0.29, 0.717) is 0 Å². The first-order valence-electron chi connectivity index (χ1n) is 6.91. The molecule has 3 atom stereocenters. The van der Waals surface area contributed by atoms with Gasteiger partial charge in [-0.3, -0.25) is 4.79 Å². The van der Waals surface area contributed by atoms with Crippen LogP contribution in [0.25, 0.3) is 0 Å². The first kappa shape index (κ1) is 16.0. The summed E-state index contributed by atoms with van der Waals surface area (Å²) in [6.07, 6.45) is 1.15. The molecular formula is C15H21NO4S. The van der Waals surface area contributed by atoms with Crippen LogP contribution in [0, 0.1) is 12.3 Å². The number of hydrogen-bond donors (Lipinski definition) is 1. The summed E-state index contributed by atoms with van der Waals surface area (Å²) in [5.74, 6) is -0.953. The van der Waals surface area contributed by atoms with Crippen LogP contribution < -0.4 is 5.73 Å². The summed E-state index contributed by atoms with van der Waals surface area (Å²) in [4.78, 5) is 12.3. The summed E-state index contributed by atoms with van der Waals surface area (Å²) in [5.41, 5.74) is 6.51. The third-order valence-corrected chi connectivity index (χ3v) is 5.76. The van der Waals surface area contributed by atoms with Gasteiger partial charge in [0.05, 0.1) is 11.9 Å². The van der Waals surface area contributed by atoms with Gasteiger partial charge < -0.3 is 10.5 Å². The molecule has 2 rings (SSSR count). The van der Waals surface area contributed by atoms with Gasteiger partial charge in [-0.05, 0) is 19.4 Å². The largest absolute Gasteiger partial charge is 0.465 e. The van der Waals surface area contributed by atoms with Crippen LogP contribution in [0.1, 0.15) is 24.0 Å². The summed E-state index contributed by atoms with van der Waals surface area (Å²) in [7, 11) is -3.40. The van der Waals surface area contributed by atoms with E-state index < -0.39 is 32.4 Å². The number of sulfone groups is 1. The van der Waals surface area contributed by atoms with Crippen LogP contribution in [0.5, 0.6) is 0 Å². The standard InChI is InChI=1S/C15H21NO4S/c1-4-20-14(17)15(9-16)12(13(15)21(3,18)19)11-7-5-10(2)6-8-11/h5-8,12-13H,4,9,16H2,1-3H3/t12-,13-,15-/m1/s1. The second-order valence-electron chi connectivity index (χ2n) is 5.60. The molecule has 21 heavy (non-hydrogen) atoms. The van der Waals surface area contributed by atoms with Crippen molar-refractivity contribution >= 4 is 15.8 Å². The van der Waals surface area contributed by atoms with E-state index in [0.717, 1.165) is 17.4 Å². The maximum atomic E-state index is 12.3. The van der Waals surface area contributed by atoms with Crippen molar-refractivity contribution in [2.45, 2.75) is 25.0 Å². The Morgan fingerprint density at radius 1 is 1.33 bits per heavy atom. The van der Waals surface area contributed by atoms with Crippen molar-refractivity contribution in [3.63, 3.8) is 0 Å². The van der Waals surface area contributed by atoms with Gasteiger partial charge >= 0.3 is 5.97 Å². The van der Waals surface area contributed by atoms with Crippen molar-refractivity contribution in [1.29, 1.82) is 0 Å². The number of aryl methyl sites for hydroxylation is 1. The molecule has 0 aromatic heterocycles. The average Bonchev–Trinajstić information content (AvgIpc) is 3.10. The molecule has 0 amide bonds. The van der Waals surface area contributed by atoms with Crippen LogP contribution in [0.4, 0.5) is 0 Å². The highest BCUT2D eigenvalue weighted by Crippen LogP contribution is 2.62. The summed E-state index contributed by atoms with van der Waals surface area (Å²) in [6.45, 7) is 3.81. The van der Waals surface area contributed by atoms with Crippen LogP contribution in [-0.4, -0.2) is 39.0 Å². The van der Waals surface area contributed by atoms with Gasteiger partial charge in [-0.15, -0.1) is 0 Å². The Hall–Kier alpha value is -1.40. The minimum absolute atomic E-state index is 0.0396. The quantitative estimate of drug-likeness (QED) is 0.820. The second kappa shape index (κ2) is 5.42. The lowest BCUT2D eigenvalue weighted by Crippen LogP contribution is -2.33. The van der Waals surface area contributed by atoms with Crippen molar-refractivity contribution in [3.05, 3.63) is 35.4 Å². The number of hydrogen-bond acceptors (Lipinski definition) is 5. The molecule has 0 spiro atoms. The lowest BCUT2D eigenvalue weighted by molar-refractivity contribution is -0.149. The van der Waals surface area contributed by atoms with Crippen LogP contribution >= 0.6 is 0 Å². The Bertz CT molecular complexity index is 638. The van der Waals surface area contributed by atoms with Gasteiger partial charge in [0, 0.05) is 18.7 Å². The molecule has 116 valence electrons. The molecule has 0 heterocycles.